The van der Waals surface area contributed by atoms with Crippen molar-refractivity contribution in [1.82, 2.24) is 4.90 Å². The van der Waals surface area contributed by atoms with Gasteiger partial charge in [0.15, 0.2) is 0 Å². The second-order valence-corrected chi connectivity index (χ2v) is 2.82. The van der Waals surface area contributed by atoms with E-state index in [2.05, 4.69) is 0 Å². The van der Waals surface area contributed by atoms with Crippen molar-refractivity contribution in [1.29, 1.82) is 0 Å². The first kappa shape index (κ1) is 8.04. The van der Waals surface area contributed by atoms with E-state index in [1.165, 1.54) is 4.90 Å². The first-order valence-corrected chi connectivity index (χ1v) is 3.62. The molecule has 0 bridgehead atoms. The lowest BCUT2D eigenvalue weighted by atomic mass is 10.0. The maximum Gasteiger partial charge on any atom is 0.407 e. The molecular formula is C7H11NO3. The van der Waals surface area contributed by atoms with Crippen LogP contribution in [0.3, 0.4) is 0 Å². The van der Waals surface area contributed by atoms with Gasteiger partial charge >= 0.3 is 6.09 Å². The van der Waals surface area contributed by atoms with E-state index < -0.39 is 6.09 Å². The van der Waals surface area contributed by atoms with Crippen molar-refractivity contribution < 1.29 is 14.7 Å². The summed E-state index contributed by atoms with van der Waals surface area (Å²) in [6.07, 6.45) is -0.187. The molecule has 0 aromatic rings. The Bertz CT molecular complexity index is 190. The number of carbonyl (C=O) groups excluding carboxylic acids is 1. The summed E-state index contributed by atoms with van der Waals surface area (Å²) < 4.78 is 0. The molecule has 1 rings (SSSR count). The molecule has 0 radical (unpaired) electrons. The highest BCUT2D eigenvalue weighted by Gasteiger charge is 2.26. The molecule has 0 saturated carbocycles. The van der Waals surface area contributed by atoms with Crippen LogP contribution in [0.4, 0.5) is 4.79 Å². The van der Waals surface area contributed by atoms with E-state index >= 15 is 0 Å². The lowest BCUT2D eigenvalue weighted by Crippen LogP contribution is -2.44. The van der Waals surface area contributed by atoms with Crippen LogP contribution in [0.15, 0.2) is 0 Å². The third-order valence-corrected chi connectivity index (χ3v) is 1.93. The van der Waals surface area contributed by atoms with Crippen molar-refractivity contribution in [3.63, 3.8) is 0 Å². The van der Waals surface area contributed by atoms with Gasteiger partial charge in [0.25, 0.3) is 0 Å². The molecule has 11 heavy (non-hydrogen) atoms. The smallest absolute Gasteiger partial charge is 0.407 e. The summed E-state index contributed by atoms with van der Waals surface area (Å²) in [5, 5.41) is 8.61. The van der Waals surface area contributed by atoms with Crippen molar-refractivity contribution in [3.8, 4) is 0 Å². The van der Waals surface area contributed by atoms with Crippen molar-refractivity contribution >= 4 is 11.9 Å². The zero-order chi connectivity index (χ0) is 8.43. The van der Waals surface area contributed by atoms with Crippen molar-refractivity contribution in [2.75, 3.05) is 6.54 Å². The van der Waals surface area contributed by atoms with Crippen LogP contribution in [0.25, 0.3) is 0 Å². The number of nitrogens with zero attached hydrogens (tertiary/aromatic N) is 1. The van der Waals surface area contributed by atoms with E-state index in [4.69, 9.17) is 5.11 Å². The first-order valence-electron chi connectivity index (χ1n) is 3.62. The molecule has 1 fully saturated rings. The zero-order valence-electron chi connectivity index (χ0n) is 6.41. The Labute approximate surface area is 64.8 Å². The zero-order valence-corrected chi connectivity index (χ0v) is 6.41. The molecule has 0 spiro atoms. The number of hydrogen-bond donors (Lipinski definition) is 1. The van der Waals surface area contributed by atoms with E-state index in [-0.39, 0.29) is 11.8 Å². The van der Waals surface area contributed by atoms with E-state index in [9.17, 15) is 9.59 Å². The predicted octanol–water partition coefficient (Wildman–Crippen LogP) is 0.718. The largest absolute Gasteiger partial charge is 0.465 e. The SMILES string of the molecule is C[C@H]1CC(=O)CCN1C(=O)O. The Morgan fingerprint density at radius 3 is 2.82 bits per heavy atom. The van der Waals surface area contributed by atoms with Crippen LogP contribution in [0.5, 0.6) is 0 Å². The maximum absolute atomic E-state index is 10.8. The summed E-state index contributed by atoms with van der Waals surface area (Å²) in [7, 11) is 0. The van der Waals surface area contributed by atoms with Crippen molar-refractivity contribution in [2.45, 2.75) is 25.8 Å². The summed E-state index contributed by atoms with van der Waals surface area (Å²) in [4.78, 5) is 22.6. The maximum atomic E-state index is 10.8. The number of carbonyl (C=O) groups is 2. The van der Waals surface area contributed by atoms with Crippen LogP contribution in [0.2, 0.25) is 0 Å². The molecule has 1 heterocycles. The van der Waals surface area contributed by atoms with Crippen LogP contribution >= 0.6 is 0 Å². The fraction of sp³-hybridized carbons (Fsp3) is 0.714. The molecule has 0 unspecified atom stereocenters. The highest BCUT2D eigenvalue weighted by Crippen LogP contribution is 2.13. The van der Waals surface area contributed by atoms with Gasteiger partial charge in [-0.15, -0.1) is 0 Å². The summed E-state index contributed by atoms with van der Waals surface area (Å²) in [6.45, 7) is 2.11. The number of rotatable bonds is 0. The minimum atomic E-state index is -0.926. The number of carboxylic acid groups (broad SMARTS) is 1. The van der Waals surface area contributed by atoms with Gasteiger partial charge in [-0.3, -0.25) is 4.79 Å². The molecule has 0 aliphatic carbocycles. The fourth-order valence-electron chi connectivity index (χ4n) is 1.29. The number of Topliss-reactive ketones (excluding diaryl/α,β-unsaturated/α-hetero) is 1. The van der Waals surface area contributed by atoms with E-state index in [1.54, 1.807) is 6.92 Å². The lowest BCUT2D eigenvalue weighted by Gasteiger charge is -2.29. The Hall–Kier alpha value is -1.06. The van der Waals surface area contributed by atoms with Gasteiger partial charge in [0.1, 0.15) is 5.78 Å². The minimum Gasteiger partial charge on any atom is -0.465 e. The second kappa shape index (κ2) is 2.90. The Morgan fingerprint density at radius 2 is 2.36 bits per heavy atom. The van der Waals surface area contributed by atoms with Gasteiger partial charge < -0.3 is 10.0 Å². The van der Waals surface area contributed by atoms with Crippen molar-refractivity contribution in [2.24, 2.45) is 0 Å². The van der Waals surface area contributed by atoms with Gasteiger partial charge in [-0.05, 0) is 6.92 Å². The Morgan fingerprint density at radius 1 is 1.73 bits per heavy atom. The van der Waals surface area contributed by atoms with Crippen LogP contribution in [-0.2, 0) is 4.79 Å². The average molecular weight is 157 g/mol. The molecule has 1 atom stereocenters. The predicted molar refractivity (Wildman–Crippen MR) is 38.4 cm³/mol. The fourth-order valence-corrected chi connectivity index (χ4v) is 1.29. The summed E-state index contributed by atoms with van der Waals surface area (Å²) >= 11 is 0. The summed E-state index contributed by atoms with van der Waals surface area (Å²) in [5.41, 5.74) is 0. The van der Waals surface area contributed by atoms with Gasteiger partial charge in [0, 0.05) is 25.4 Å². The molecule has 62 valence electrons. The van der Waals surface area contributed by atoms with Crippen LogP contribution in [0, 0.1) is 0 Å². The topological polar surface area (TPSA) is 57.6 Å². The highest BCUT2D eigenvalue weighted by atomic mass is 16.4. The third kappa shape index (κ3) is 1.69. The van der Waals surface area contributed by atoms with Gasteiger partial charge in [0.05, 0.1) is 0 Å². The molecule has 4 heteroatoms. The van der Waals surface area contributed by atoms with E-state index in [1.807, 2.05) is 0 Å². The van der Waals surface area contributed by atoms with Gasteiger partial charge in [-0.2, -0.15) is 0 Å². The van der Waals surface area contributed by atoms with Crippen LogP contribution in [0.1, 0.15) is 19.8 Å². The minimum absolute atomic E-state index is 0.145. The second-order valence-electron chi connectivity index (χ2n) is 2.82. The van der Waals surface area contributed by atoms with Gasteiger partial charge in [-0.25, -0.2) is 4.79 Å². The standard InChI is InChI=1S/C7H11NO3/c1-5-4-6(9)2-3-8(5)7(10)11/h5H,2-4H2,1H3,(H,10,11)/t5-/m0/s1. The van der Waals surface area contributed by atoms with Gasteiger partial charge in [-0.1, -0.05) is 0 Å². The number of hydrogen-bond acceptors (Lipinski definition) is 2. The molecule has 1 aliphatic heterocycles. The average Bonchev–Trinajstić information content (AvgIpc) is 1.85. The first-order chi connectivity index (χ1) is 5.11. The summed E-state index contributed by atoms with van der Waals surface area (Å²) in [5.74, 6) is 0.162. The molecule has 1 amide bonds. The molecule has 1 N–H and O–H groups in total. The quantitative estimate of drug-likeness (QED) is 0.563. The molecule has 4 nitrogen and oxygen atoms in total. The Balaban J connectivity index is 2.57. The number of amides is 1. The van der Waals surface area contributed by atoms with Crippen LogP contribution in [-0.4, -0.2) is 34.5 Å². The van der Waals surface area contributed by atoms with E-state index in [0.717, 1.165) is 0 Å². The molecular weight excluding hydrogens is 146 g/mol. The molecule has 0 aromatic carbocycles. The highest BCUT2D eigenvalue weighted by molar-refractivity contribution is 5.81. The number of piperidine rings is 1. The molecule has 0 aromatic heterocycles. The Kier molecular flexibility index (Phi) is 2.12. The number of likely N-dealkylation sites (tertiary alicyclic amines) is 1. The van der Waals surface area contributed by atoms with Crippen LogP contribution < -0.4 is 0 Å². The summed E-state index contributed by atoms with van der Waals surface area (Å²) in [6, 6.07) is -0.145. The molecule has 1 aliphatic rings. The number of ketones is 1. The monoisotopic (exact) mass is 157 g/mol. The van der Waals surface area contributed by atoms with Crippen molar-refractivity contribution in [3.05, 3.63) is 0 Å². The third-order valence-electron chi connectivity index (χ3n) is 1.93. The van der Waals surface area contributed by atoms with Gasteiger partial charge in [0.2, 0.25) is 0 Å². The molecule has 1 saturated heterocycles. The normalized spacial score (nSPS) is 25.4. The van der Waals surface area contributed by atoms with E-state index in [0.29, 0.717) is 19.4 Å². The lowest BCUT2D eigenvalue weighted by molar-refractivity contribution is -0.122.